The molecule has 0 aliphatic heterocycles. The molecule has 0 heterocycles. The van der Waals surface area contributed by atoms with Gasteiger partial charge in [-0.1, -0.05) is 45.0 Å². The average Bonchev–Trinajstić information content (AvgIpc) is 2.61. The van der Waals surface area contributed by atoms with Crippen LogP contribution in [-0.2, 0) is 16.8 Å². The number of hydrogen-bond donors (Lipinski definition) is 1. The molecule has 1 N–H and O–H groups in total. The van der Waals surface area contributed by atoms with E-state index < -0.39 is 0 Å². The third-order valence-electron chi connectivity index (χ3n) is 4.37. The van der Waals surface area contributed by atoms with Crippen LogP contribution in [0, 0.1) is 0 Å². The number of carbonyl (C=O) groups excluding carboxylic acids is 1. The number of likely N-dealkylation sites (N-methyl/N-ethyl adjacent to an activating group) is 1. The standard InChI is InChI=1S/C22H30N2O3/c1-22(2,3)17-9-7-16(8-10-17)14-24(4)15-21(25)23-19-13-18(26-5)11-12-20(19)27-6/h7-13H,14-15H2,1-6H3,(H,23,25). The number of anilines is 1. The minimum absolute atomic E-state index is 0.102. The zero-order valence-electron chi connectivity index (χ0n) is 17.1. The van der Waals surface area contributed by atoms with Gasteiger partial charge >= 0.3 is 0 Å². The second kappa shape index (κ2) is 8.91. The molecule has 2 rings (SSSR count). The summed E-state index contributed by atoms with van der Waals surface area (Å²) in [6.07, 6.45) is 0. The monoisotopic (exact) mass is 370 g/mol. The Morgan fingerprint density at radius 2 is 1.70 bits per heavy atom. The van der Waals surface area contributed by atoms with Gasteiger partial charge in [-0.2, -0.15) is 0 Å². The fraction of sp³-hybridized carbons (Fsp3) is 0.409. The first-order valence-electron chi connectivity index (χ1n) is 9.03. The molecule has 146 valence electrons. The van der Waals surface area contributed by atoms with Crippen LogP contribution in [0.1, 0.15) is 31.9 Å². The van der Waals surface area contributed by atoms with E-state index in [1.54, 1.807) is 32.4 Å². The van der Waals surface area contributed by atoms with E-state index in [-0.39, 0.29) is 17.9 Å². The Hall–Kier alpha value is -2.53. The molecule has 0 radical (unpaired) electrons. The molecule has 0 unspecified atom stereocenters. The molecule has 0 saturated carbocycles. The molecule has 0 bridgehead atoms. The van der Waals surface area contributed by atoms with Gasteiger partial charge < -0.3 is 14.8 Å². The summed E-state index contributed by atoms with van der Waals surface area (Å²) in [7, 11) is 5.09. The number of carbonyl (C=O) groups is 1. The number of methoxy groups -OCH3 is 2. The van der Waals surface area contributed by atoms with Crippen molar-refractivity contribution >= 4 is 11.6 Å². The zero-order chi connectivity index (χ0) is 20.0. The maximum absolute atomic E-state index is 12.4. The van der Waals surface area contributed by atoms with Gasteiger partial charge in [-0.25, -0.2) is 0 Å². The van der Waals surface area contributed by atoms with E-state index in [1.807, 2.05) is 11.9 Å². The summed E-state index contributed by atoms with van der Waals surface area (Å²) in [5.41, 5.74) is 3.22. The van der Waals surface area contributed by atoms with Gasteiger partial charge in [0, 0.05) is 12.6 Å². The second-order valence-corrected chi connectivity index (χ2v) is 7.73. The number of nitrogens with one attached hydrogen (secondary N) is 1. The van der Waals surface area contributed by atoms with Gasteiger partial charge in [-0.05, 0) is 35.7 Å². The molecule has 27 heavy (non-hydrogen) atoms. The highest BCUT2D eigenvalue weighted by Gasteiger charge is 2.14. The lowest BCUT2D eigenvalue weighted by Crippen LogP contribution is -2.30. The van der Waals surface area contributed by atoms with Gasteiger partial charge in [0.05, 0.1) is 26.5 Å². The maximum Gasteiger partial charge on any atom is 0.238 e. The van der Waals surface area contributed by atoms with Crippen LogP contribution in [0.25, 0.3) is 0 Å². The molecule has 0 fully saturated rings. The van der Waals surface area contributed by atoms with E-state index in [0.29, 0.717) is 23.7 Å². The van der Waals surface area contributed by atoms with Gasteiger partial charge in [0.25, 0.3) is 0 Å². The third kappa shape index (κ3) is 6.00. The first-order valence-corrected chi connectivity index (χ1v) is 9.03. The van der Waals surface area contributed by atoms with Crippen molar-refractivity contribution in [2.45, 2.75) is 32.7 Å². The third-order valence-corrected chi connectivity index (χ3v) is 4.37. The van der Waals surface area contributed by atoms with Crippen molar-refractivity contribution in [3.05, 3.63) is 53.6 Å². The Labute approximate surface area is 162 Å². The normalized spacial score (nSPS) is 11.4. The summed E-state index contributed by atoms with van der Waals surface area (Å²) >= 11 is 0. The molecule has 0 atom stereocenters. The van der Waals surface area contributed by atoms with E-state index in [1.165, 1.54) is 11.1 Å². The van der Waals surface area contributed by atoms with Crippen LogP contribution >= 0.6 is 0 Å². The summed E-state index contributed by atoms with van der Waals surface area (Å²) in [4.78, 5) is 14.4. The Morgan fingerprint density at radius 1 is 1.04 bits per heavy atom. The van der Waals surface area contributed by atoms with Crippen molar-refractivity contribution in [2.75, 3.05) is 33.1 Å². The number of benzene rings is 2. The largest absolute Gasteiger partial charge is 0.497 e. The van der Waals surface area contributed by atoms with Gasteiger partial charge in [-0.3, -0.25) is 9.69 Å². The van der Waals surface area contributed by atoms with Crippen LogP contribution in [0.5, 0.6) is 11.5 Å². The Bertz CT molecular complexity index is 764. The molecule has 0 aliphatic rings. The quantitative estimate of drug-likeness (QED) is 0.798. The molecule has 2 aromatic carbocycles. The Kier molecular flexibility index (Phi) is 6.86. The van der Waals surface area contributed by atoms with Crippen LogP contribution in [0.3, 0.4) is 0 Å². The molecule has 2 aromatic rings. The molecule has 5 nitrogen and oxygen atoms in total. The van der Waals surface area contributed by atoms with Crippen molar-refractivity contribution in [3.63, 3.8) is 0 Å². The fourth-order valence-electron chi connectivity index (χ4n) is 2.82. The number of amides is 1. The van der Waals surface area contributed by atoms with Gasteiger partial charge in [0.1, 0.15) is 11.5 Å². The van der Waals surface area contributed by atoms with Gasteiger partial charge in [-0.15, -0.1) is 0 Å². The molecule has 5 heteroatoms. The summed E-state index contributed by atoms with van der Waals surface area (Å²) < 4.78 is 10.5. The lowest BCUT2D eigenvalue weighted by atomic mass is 9.87. The first kappa shape index (κ1) is 20.8. The van der Waals surface area contributed by atoms with E-state index in [2.05, 4.69) is 50.4 Å². The molecule has 0 aromatic heterocycles. The lowest BCUT2D eigenvalue weighted by molar-refractivity contribution is -0.117. The predicted octanol–water partition coefficient (Wildman–Crippen LogP) is 4.07. The molecule has 0 saturated heterocycles. The molecule has 1 amide bonds. The lowest BCUT2D eigenvalue weighted by Gasteiger charge is -2.20. The van der Waals surface area contributed by atoms with E-state index in [4.69, 9.17) is 9.47 Å². The fourth-order valence-corrected chi connectivity index (χ4v) is 2.82. The highest BCUT2D eigenvalue weighted by Crippen LogP contribution is 2.28. The van der Waals surface area contributed by atoms with Crippen LogP contribution < -0.4 is 14.8 Å². The van der Waals surface area contributed by atoms with Gasteiger partial charge in [0.2, 0.25) is 5.91 Å². The molecular weight excluding hydrogens is 340 g/mol. The molecule has 0 aliphatic carbocycles. The number of nitrogens with zero attached hydrogens (tertiary/aromatic N) is 1. The van der Waals surface area contributed by atoms with Crippen molar-refractivity contribution < 1.29 is 14.3 Å². The average molecular weight is 370 g/mol. The number of ether oxygens (including phenoxy) is 2. The van der Waals surface area contributed by atoms with Crippen LogP contribution in [0.4, 0.5) is 5.69 Å². The van der Waals surface area contributed by atoms with Crippen LogP contribution in [0.15, 0.2) is 42.5 Å². The van der Waals surface area contributed by atoms with Crippen molar-refractivity contribution in [1.29, 1.82) is 0 Å². The highest BCUT2D eigenvalue weighted by atomic mass is 16.5. The SMILES string of the molecule is COc1ccc(OC)c(NC(=O)CN(C)Cc2ccc(C(C)(C)C)cc2)c1. The minimum atomic E-state index is -0.102. The number of hydrogen-bond acceptors (Lipinski definition) is 4. The van der Waals surface area contributed by atoms with E-state index in [9.17, 15) is 4.79 Å². The van der Waals surface area contributed by atoms with Crippen LogP contribution in [-0.4, -0.2) is 38.6 Å². The summed E-state index contributed by atoms with van der Waals surface area (Å²) in [6.45, 7) is 7.58. The second-order valence-electron chi connectivity index (χ2n) is 7.73. The van der Waals surface area contributed by atoms with Gasteiger partial charge in [0.15, 0.2) is 0 Å². The molecule has 0 spiro atoms. The van der Waals surface area contributed by atoms with Crippen molar-refractivity contribution in [2.24, 2.45) is 0 Å². The maximum atomic E-state index is 12.4. The first-order chi connectivity index (χ1) is 12.7. The van der Waals surface area contributed by atoms with Crippen molar-refractivity contribution in [3.8, 4) is 11.5 Å². The summed E-state index contributed by atoms with van der Waals surface area (Å²) in [6, 6.07) is 13.9. The summed E-state index contributed by atoms with van der Waals surface area (Å²) in [5, 5.41) is 2.90. The Morgan fingerprint density at radius 3 is 2.26 bits per heavy atom. The van der Waals surface area contributed by atoms with Crippen LogP contribution in [0.2, 0.25) is 0 Å². The van der Waals surface area contributed by atoms with E-state index in [0.717, 1.165) is 0 Å². The van der Waals surface area contributed by atoms with Crippen molar-refractivity contribution in [1.82, 2.24) is 4.90 Å². The topological polar surface area (TPSA) is 50.8 Å². The molecular formula is C22H30N2O3. The Balaban J connectivity index is 1.96. The minimum Gasteiger partial charge on any atom is -0.497 e. The highest BCUT2D eigenvalue weighted by molar-refractivity contribution is 5.93. The number of rotatable bonds is 7. The van der Waals surface area contributed by atoms with E-state index >= 15 is 0 Å². The zero-order valence-corrected chi connectivity index (χ0v) is 17.1. The predicted molar refractivity (Wildman–Crippen MR) is 110 cm³/mol. The smallest absolute Gasteiger partial charge is 0.238 e. The summed E-state index contributed by atoms with van der Waals surface area (Å²) in [5.74, 6) is 1.17.